The molecule has 0 aliphatic heterocycles. The Morgan fingerprint density at radius 2 is 1.18 bits per heavy atom. The van der Waals surface area contributed by atoms with Gasteiger partial charge in [-0.3, -0.25) is 9.78 Å². The Morgan fingerprint density at radius 3 is 1.54 bits per heavy atom. The molecule has 0 atom stereocenters. The number of ether oxygens (including phenoxy) is 2. The standard InChI is InChI=1S/C13H19N3O3.C7H16N2O2.C6H5NO2/c1-13(2,3)19-12(18)16-9-8-15-11(17)10-6-4-5-7-14-10;1-7(2,3)11-6(10)9-5-4-8;8-6(9)5-3-1-2-4-7-5/h4-7H,8-9H2,1-3H3,(H,15,17)(H,16,18);4-5,8H2,1-3H3,(H,9,10);1-4H,(H,8,9). The summed E-state index contributed by atoms with van der Waals surface area (Å²) in [6, 6.07) is 9.85. The minimum absolute atomic E-state index is 0.0810. The third kappa shape index (κ3) is 20.5. The van der Waals surface area contributed by atoms with Crippen LogP contribution in [0.3, 0.4) is 0 Å². The van der Waals surface area contributed by atoms with Crippen molar-refractivity contribution >= 4 is 24.1 Å². The maximum Gasteiger partial charge on any atom is 0.407 e. The predicted octanol–water partition coefficient (Wildman–Crippen LogP) is 2.59. The number of carbonyl (C=O) groups excluding carboxylic acids is 3. The first-order valence-electron chi connectivity index (χ1n) is 12.1. The quantitative estimate of drug-likeness (QED) is 0.321. The molecule has 216 valence electrons. The summed E-state index contributed by atoms with van der Waals surface area (Å²) in [7, 11) is 0. The number of nitrogens with two attached hydrogens (primary N) is 1. The Labute approximate surface area is 228 Å². The normalized spacial score (nSPS) is 10.3. The molecule has 0 spiro atoms. The highest BCUT2D eigenvalue weighted by Gasteiger charge is 2.16. The fraction of sp³-hybridized carbons (Fsp3) is 0.462. The summed E-state index contributed by atoms with van der Waals surface area (Å²) < 4.78 is 9.99. The lowest BCUT2D eigenvalue weighted by Crippen LogP contribution is -2.38. The first-order valence-corrected chi connectivity index (χ1v) is 12.1. The number of hydrogen-bond acceptors (Lipinski definition) is 9. The number of alkyl carbamates (subject to hydrolysis) is 2. The molecule has 0 aliphatic carbocycles. The van der Waals surface area contributed by atoms with Crippen LogP contribution in [0.25, 0.3) is 0 Å². The molecule has 6 N–H and O–H groups in total. The van der Waals surface area contributed by atoms with Crippen LogP contribution in [0, 0.1) is 0 Å². The van der Waals surface area contributed by atoms with Crippen LogP contribution in [0.1, 0.15) is 62.5 Å². The number of pyridine rings is 2. The zero-order chi connectivity index (χ0) is 29.9. The number of aromatic nitrogens is 2. The number of carboxylic acid groups (broad SMARTS) is 1. The third-order valence-electron chi connectivity index (χ3n) is 3.67. The second-order valence-electron chi connectivity index (χ2n) is 9.64. The number of rotatable bonds is 7. The molecule has 3 amide bonds. The van der Waals surface area contributed by atoms with Gasteiger partial charge in [0.2, 0.25) is 0 Å². The number of amides is 3. The third-order valence-corrected chi connectivity index (χ3v) is 3.67. The van der Waals surface area contributed by atoms with Gasteiger partial charge in [0.15, 0.2) is 0 Å². The number of hydrogen-bond donors (Lipinski definition) is 5. The molecule has 0 radical (unpaired) electrons. The summed E-state index contributed by atoms with van der Waals surface area (Å²) in [5.41, 5.74) is 4.64. The molecular formula is C26H40N6O7. The molecule has 39 heavy (non-hydrogen) atoms. The minimum Gasteiger partial charge on any atom is -0.477 e. The molecule has 0 unspecified atom stereocenters. The van der Waals surface area contributed by atoms with Gasteiger partial charge in [0.1, 0.15) is 22.6 Å². The van der Waals surface area contributed by atoms with E-state index in [4.69, 9.17) is 20.3 Å². The summed E-state index contributed by atoms with van der Waals surface area (Å²) in [4.78, 5) is 51.4. The number of aromatic carboxylic acids is 1. The lowest BCUT2D eigenvalue weighted by atomic mass is 10.2. The van der Waals surface area contributed by atoms with Gasteiger partial charge in [-0.15, -0.1) is 0 Å². The van der Waals surface area contributed by atoms with E-state index in [1.807, 2.05) is 20.8 Å². The topological polar surface area (TPSA) is 195 Å². The van der Waals surface area contributed by atoms with Crippen LogP contribution in [0.2, 0.25) is 0 Å². The fourth-order valence-electron chi connectivity index (χ4n) is 2.22. The zero-order valence-corrected chi connectivity index (χ0v) is 23.3. The molecule has 0 fully saturated rings. The van der Waals surface area contributed by atoms with Crippen LogP contribution in [0.15, 0.2) is 48.8 Å². The average molecular weight is 549 g/mol. The van der Waals surface area contributed by atoms with Gasteiger partial charge in [0, 0.05) is 38.6 Å². The van der Waals surface area contributed by atoms with Crippen molar-refractivity contribution in [2.24, 2.45) is 5.73 Å². The second kappa shape index (κ2) is 18.1. The first kappa shape index (κ1) is 34.7. The number of carbonyl (C=O) groups is 4. The van der Waals surface area contributed by atoms with Crippen LogP contribution in [-0.4, -0.2) is 76.5 Å². The minimum atomic E-state index is -0.990. The highest BCUT2D eigenvalue weighted by atomic mass is 16.6. The highest BCUT2D eigenvalue weighted by Crippen LogP contribution is 2.06. The maximum atomic E-state index is 11.6. The molecule has 0 aliphatic rings. The summed E-state index contributed by atoms with van der Waals surface area (Å²) >= 11 is 0. The maximum absolute atomic E-state index is 11.6. The van der Waals surface area contributed by atoms with Gasteiger partial charge in [-0.05, 0) is 65.8 Å². The molecular weight excluding hydrogens is 508 g/mol. The van der Waals surface area contributed by atoms with Gasteiger partial charge in [-0.2, -0.15) is 0 Å². The van der Waals surface area contributed by atoms with Crippen LogP contribution in [0.5, 0.6) is 0 Å². The number of carboxylic acids is 1. The summed E-state index contributed by atoms with van der Waals surface area (Å²) in [5.74, 6) is -1.26. The zero-order valence-electron chi connectivity index (χ0n) is 23.3. The molecule has 13 heteroatoms. The van der Waals surface area contributed by atoms with Gasteiger partial charge in [0.25, 0.3) is 5.91 Å². The van der Waals surface area contributed by atoms with Crippen molar-refractivity contribution in [1.82, 2.24) is 25.9 Å². The van der Waals surface area contributed by atoms with Crippen molar-refractivity contribution in [2.45, 2.75) is 52.7 Å². The van der Waals surface area contributed by atoms with Crippen molar-refractivity contribution in [1.29, 1.82) is 0 Å². The van der Waals surface area contributed by atoms with Crippen molar-refractivity contribution in [3.05, 3.63) is 60.2 Å². The molecule has 2 aromatic rings. The van der Waals surface area contributed by atoms with E-state index in [-0.39, 0.29) is 11.6 Å². The Hall–Kier alpha value is -4.26. The van der Waals surface area contributed by atoms with Crippen LogP contribution in [0.4, 0.5) is 9.59 Å². The van der Waals surface area contributed by atoms with E-state index in [9.17, 15) is 19.2 Å². The van der Waals surface area contributed by atoms with E-state index in [2.05, 4.69) is 25.9 Å². The SMILES string of the molecule is CC(C)(C)OC(=O)NCCN.CC(C)(C)OC(=O)NCCNC(=O)c1ccccn1.O=C(O)c1ccccn1. The van der Waals surface area contributed by atoms with E-state index < -0.39 is 29.4 Å². The molecule has 2 heterocycles. The molecule has 2 rings (SSSR count). The fourth-order valence-corrected chi connectivity index (χ4v) is 2.22. The van der Waals surface area contributed by atoms with E-state index >= 15 is 0 Å². The summed E-state index contributed by atoms with van der Waals surface area (Å²) in [5, 5.41) is 16.0. The molecule has 13 nitrogen and oxygen atoms in total. The van der Waals surface area contributed by atoms with Crippen LogP contribution in [-0.2, 0) is 9.47 Å². The van der Waals surface area contributed by atoms with Gasteiger partial charge in [0.05, 0.1) is 0 Å². The first-order chi connectivity index (χ1) is 18.1. The van der Waals surface area contributed by atoms with Gasteiger partial charge < -0.3 is 36.3 Å². The smallest absolute Gasteiger partial charge is 0.407 e. The molecule has 0 bridgehead atoms. The van der Waals surface area contributed by atoms with Crippen molar-refractivity contribution in [3.63, 3.8) is 0 Å². The second-order valence-corrected chi connectivity index (χ2v) is 9.64. The number of nitrogens with one attached hydrogen (secondary N) is 3. The van der Waals surface area contributed by atoms with Crippen LogP contribution < -0.4 is 21.7 Å². The molecule has 0 saturated carbocycles. The summed E-state index contributed by atoms with van der Waals surface area (Å²) in [6.07, 6.45) is 2.08. The van der Waals surface area contributed by atoms with Gasteiger partial charge in [-0.25, -0.2) is 19.4 Å². The summed E-state index contributed by atoms with van der Waals surface area (Å²) in [6.45, 7) is 12.3. The molecule has 0 aromatic carbocycles. The lowest BCUT2D eigenvalue weighted by Gasteiger charge is -2.19. The largest absolute Gasteiger partial charge is 0.477 e. The van der Waals surface area contributed by atoms with Crippen molar-refractivity contribution < 1.29 is 33.8 Å². The van der Waals surface area contributed by atoms with E-state index in [0.717, 1.165) is 0 Å². The lowest BCUT2D eigenvalue weighted by molar-refractivity contribution is 0.0517. The number of nitrogens with zero attached hydrogens (tertiary/aromatic N) is 2. The monoisotopic (exact) mass is 548 g/mol. The Kier molecular flexibility index (Phi) is 16.1. The van der Waals surface area contributed by atoms with E-state index in [0.29, 0.717) is 31.9 Å². The van der Waals surface area contributed by atoms with E-state index in [1.54, 1.807) is 57.3 Å². The van der Waals surface area contributed by atoms with Gasteiger partial charge >= 0.3 is 18.2 Å². The average Bonchev–Trinajstić information content (AvgIpc) is 2.85. The van der Waals surface area contributed by atoms with Gasteiger partial charge in [-0.1, -0.05) is 12.1 Å². The molecule has 0 saturated heterocycles. The highest BCUT2D eigenvalue weighted by molar-refractivity contribution is 5.92. The van der Waals surface area contributed by atoms with Crippen LogP contribution >= 0.6 is 0 Å². The van der Waals surface area contributed by atoms with Crippen molar-refractivity contribution in [3.8, 4) is 0 Å². The Balaban J connectivity index is 0.000000611. The Morgan fingerprint density at radius 1 is 0.744 bits per heavy atom. The van der Waals surface area contributed by atoms with E-state index in [1.165, 1.54) is 12.3 Å². The molecule has 2 aromatic heterocycles. The Bertz CT molecular complexity index is 1010. The predicted molar refractivity (Wildman–Crippen MR) is 145 cm³/mol. The van der Waals surface area contributed by atoms with Crippen molar-refractivity contribution in [2.75, 3.05) is 26.2 Å².